The molecule has 0 aromatic heterocycles. The number of oxime groups is 1. The van der Waals surface area contributed by atoms with Crippen molar-refractivity contribution < 1.29 is 14.7 Å². The fraction of sp³-hybridized carbons (Fsp3) is 0.105. The number of benzene rings is 3. The molecule has 3 aromatic carbocycles. The average Bonchev–Trinajstić information content (AvgIpc) is 2.61. The predicted octanol–water partition coefficient (Wildman–Crippen LogP) is 4.24. The van der Waals surface area contributed by atoms with Gasteiger partial charge in [0.1, 0.15) is 18.1 Å². The molecular weight excluding hydrogens is 290 g/mol. The van der Waals surface area contributed by atoms with Gasteiger partial charge in [0.05, 0.1) is 13.3 Å². The average molecular weight is 307 g/mol. The van der Waals surface area contributed by atoms with Gasteiger partial charge in [-0.3, -0.25) is 0 Å². The number of fused-ring (bicyclic) bond motifs is 1. The topological polar surface area (TPSA) is 51.0 Å². The minimum absolute atomic E-state index is 0.417. The van der Waals surface area contributed by atoms with Crippen LogP contribution in [0.2, 0.25) is 0 Å². The van der Waals surface area contributed by atoms with Crippen molar-refractivity contribution in [3.63, 3.8) is 0 Å². The van der Waals surface area contributed by atoms with Gasteiger partial charge in [0.25, 0.3) is 0 Å². The van der Waals surface area contributed by atoms with Gasteiger partial charge in [-0.25, -0.2) is 0 Å². The number of rotatable bonds is 5. The molecule has 1 N–H and O–H groups in total. The van der Waals surface area contributed by atoms with E-state index in [9.17, 15) is 0 Å². The highest BCUT2D eigenvalue weighted by atomic mass is 16.5. The van der Waals surface area contributed by atoms with Crippen LogP contribution in [0.1, 0.15) is 11.1 Å². The molecule has 0 amide bonds. The molecule has 0 bridgehead atoms. The van der Waals surface area contributed by atoms with Crippen molar-refractivity contribution in [2.24, 2.45) is 5.16 Å². The van der Waals surface area contributed by atoms with Gasteiger partial charge in [-0.05, 0) is 28.5 Å². The van der Waals surface area contributed by atoms with Crippen molar-refractivity contribution in [1.29, 1.82) is 0 Å². The Hall–Kier alpha value is -3.01. The second kappa shape index (κ2) is 6.83. The molecule has 0 unspecified atom stereocenters. The second-order valence-electron chi connectivity index (χ2n) is 5.08. The molecule has 23 heavy (non-hydrogen) atoms. The van der Waals surface area contributed by atoms with Crippen molar-refractivity contribution >= 4 is 17.0 Å². The molecule has 0 saturated carbocycles. The molecule has 0 saturated heterocycles. The number of methoxy groups -OCH3 is 1. The van der Waals surface area contributed by atoms with Crippen LogP contribution in [-0.4, -0.2) is 18.5 Å². The molecule has 116 valence electrons. The third kappa shape index (κ3) is 3.26. The first-order valence-electron chi connectivity index (χ1n) is 7.27. The lowest BCUT2D eigenvalue weighted by molar-refractivity contribution is 0.303. The lowest BCUT2D eigenvalue weighted by atomic mass is 10.1. The molecule has 0 aliphatic rings. The fourth-order valence-electron chi connectivity index (χ4n) is 2.51. The molecule has 0 fully saturated rings. The van der Waals surface area contributed by atoms with Gasteiger partial charge in [0, 0.05) is 11.6 Å². The quantitative estimate of drug-likeness (QED) is 0.436. The van der Waals surface area contributed by atoms with E-state index < -0.39 is 0 Å². The normalized spacial score (nSPS) is 11.0. The van der Waals surface area contributed by atoms with Gasteiger partial charge in [-0.15, -0.1) is 0 Å². The third-order valence-corrected chi connectivity index (χ3v) is 3.68. The van der Waals surface area contributed by atoms with Gasteiger partial charge >= 0.3 is 0 Å². The Morgan fingerprint density at radius 2 is 1.87 bits per heavy atom. The highest BCUT2D eigenvalue weighted by Gasteiger charge is 2.07. The van der Waals surface area contributed by atoms with Crippen LogP contribution >= 0.6 is 0 Å². The molecule has 4 nitrogen and oxygen atoms in total. The number of ether oxygens (including phenoxy) is 2. The van der Waals surface area contributed by atoms with E-state index in [0.29, 0.717) is 23.7 Å². The summed E-state index contributed by atoms with van der Waals surface area (Å²) in [7, 11) is 1.60. The summed E-state index contributed by atoms with van der Waals surface area (Å²) >= 11 is 0. The van der Waals surface area contributed by atoms with E-state index in [4.69, 9.17) is 14.7 Å². The first-order valence-corrected chi connectivity index (χ1v) is 7.27. The number of nitrogens with zero attached hydrogens (tertiary/aromatic N) is 1. The molecule has 0 atom stereocenters. The molecule has 0 heterocycles. The van der Waals surface area contributed by atoms with Crippen LogP contribution in [0.15, 0.2) is 65.8 Å². The zero-order chi connectivity index (χ0) is 16.1. The second-order valence-corrected chi connectivity index (χ2v) is 5.08. The van der Waals surface area contributed by atoms with Gasteiger partial charge in [0.2, 0.25) is 0 Å². The summed E-state index contributed by atoms with van der Waals surface area (Å²) in [4.78, 5) is 0. The SMILES string of the molecule is COc1ccc(/C=N/O)c(OCc2cccc3ccccc23)c1. The molecular formula is C19H17NO3. The van der Waals surface area contributed by atoms with Gasteiger partial charge < -0.3 is 14.7 Å². The van der Waals surface area contributed by atoms with Crippen LogP contribution in [0.3, 0.4) is 0 Å². The summed E-state index contributed by atoms with van der Waals surface area (Å²) in [5, 5.41) is 14.2. The van der Waals surface area contributed by atoms with Crippen LogP contribution < -0.4 is 9.47 Å². The van der Waals surface area contributed by atoms with Gasteiger partial charge in [-0.2, -0.15) is 0 Å². The van der Waals surface area contributed by atoms with E-state index >= 15 is 0 Å². The fourth-order valence-corrected chi connectivity index (χ4v) is 2.51. The number of hydrogen-bond donors (Lipinski definition) is 1. The first kappa shape index (κ1) is 14.9. The summed E-state index contributed by atoms with van der Waals surface area (Å²) in [6.45, 7) is 0.417. The van der Waals surface area contributed by atoms with Crippen LogP contribution in [0.4, 0.5) is 0 Å². The molecule has 3 rings (SSSR count). The van der Waals surface area contributed by atoms with Crippen molar-refractivity contribution in [3.05, 3.63) is 71.8 Å². The summed E-state index contributed by atoms with van der Waals surface area (Å²) in [6.07, 6.45) is 1.35. The minimum atomic E-state index is 0.417. The molecule has 0 radical (unpaired) electrons. The van der Waals surface area contributed by atoms with Crippen molar-refractivity contribution in [2.75, 3.05) is 7.11 Å². The first-order chi connectivity index (χ1) is 11.3. The van der Waals surface area contributed by atoms with E-state index in [-0.39, 0.29) is 0 Å². The highest BCUT2D eigenvalue weighted by Crippen LogP contribution is 2.26. The highest BCUT2D eigenvalue weighted by molar-refractivity contribution is 5.86. The maximum absolute atomic E-state index is 8.78. The van der Waals surface area contributed by atoms with Crippen LogP contribution in [0, 0.1) is 0 Å². The Balaban J connectivity index is 1.90. The lowest BCUT2D eigenvalue weighted by Crippen LogP contribution is -2.00. The summed E-state index contributed by atoms with van der Waals surface area (Å²) < 4.78 is 11.2. The Morgan fingerprint density at radius 3 is 2.70 bits per heavy atom. The standard InChI is InChI=1S/C19H17NO3/c1-22-17-10-9-15(12-20-21)19(11-17)23-13-16-7-4-6-14-5-2-3-8-18(14)16/h2-12,21H,13H2,1H3/b20-12+. The van der Waals surface area contributed by atoms with Crippen molar-refractivity contribution in [2.45, 2.75) is 6.61 Å². The van der Waals surface area contributed by atoms with Gasteiger partial charge in [0.15, 0.2) is 0 Å². The maximum Gasteiger partial charge on any atom is 0.132 e. The van der Waals surface area contributed by atoms with E-state index in [0.717, 1.165) is 10.9 Å². The van der Waals surface area contributed by atoms with E-state index in [1.807, 2.05) is 24.3 Å². The molecule has 0 spiro atoms. The maximum atomic E-state index is 8.78. The minimum Gasteiger partial charge on any atom is -0.497 e. The predicted molar refractivity (Wildman–Crippen MR) is 90.7 cm³/mol. The largest absolute Gasteiger partial charge is 0.497 e. The zero-order valence-corrected chi connectivity index (χ0v) is 12.8. The van der Waals surface area contributed by atoms with Crippen molar-refractivity contribution in [3.8, 4) is 11.5 Å². The van der Waals surface area contributed by atoms with E-state index in [1.165, 1.54) is 11.6 Å². The molecule has 0 aliphatic carbocycles. The molecule has 3 aromatic rings. The Labute approximate surface area is 134 Å². The number of hydrogen-bond acceptors (Lipinski definition) is 4. The molecule has 0 aliphatic heterocycles. The van der Waals surface area contributed by atoms with E-state index in [2.05, 4.69) is 23.4 Å². The van der Waals surface area contributed by atoms with Crippen LogP contribution in [0.5, 0.6) is 11.5 Å². The summed E-state index contributed by atoms with van der Waals surface area (Å²) in [5.41, 5.74) is 1.78. The monoisotopic (exact) mass is 307 g/mol. The van der Waals surface area contributed by atoms with Crippen molar-refractivity contribution in [1.82, 2.24) is 0 Å². The smallest absolute Gasteiger partial charge is 0.132 e. The Bertz CT molecular complexity index is 838. The summed E-state index contributed by atoms with van der Waals surface area (Å²) in [5.74, 6) is 1.29. The van der Waals surface area contributed by atoms with Crippen LogP contribution in [-0.2, 0) is 6.61 Å². The molecule has 4 heteroatoms. The summed E-state index contributed by atoms with van der Waals surface area (Å²) in [6, 6.07) is 19.7. The Kier molecular flexibility index (Phi) is 4.43. The lowest BCUT2D eigenvalue weighted by Gasteiger charge is -2.12. The van der Waals surface area contributed by atoms with Crippen LogP contribution in [0.25, 0.3) is 10.8 Å². The zero-order valence-electron chi connectivity index (χ0n) is 12.8. The van der Waals surface area contributed by atoms with E-state index in [1.54, 1.807) is 25.3 Å². The Morgan fingerprint density at radius 1 is 1.04 bits per heavy atom. The third-order valence-electron chi connectivity index (χ3n) is 3.68. The van der Waals surface area contributed by atoms with Gasteiger partial charge in [-0.1, -0.05) is 47.6 Å².